The summed E-state index contributed by atoms with van der Waals surface area (Å²) in [6.45, 7) is 3.48. The number of allylic oxidation sites excluding steroid dienone is 19. The zero-order valence-electron chi connectivity index (χ0n) is 31.2. The van der Waals surface area contributed by atoms with Crippen LogP contribution in [-0.2, 0) is 32.7 Å². The SMILES string of the molecule is CC/C=C\C/C=C\C/C=C\C/C=C\C/C=C\CCCC(=O)OC(COC(=O)C/C=C\C/C=C\C/C=C\C/C=C\C/C=C\CC)COP(=O)(O)OC. The molecule has 2 atom stereocenters. The Morgan fingerprint density at radius 1 is 0.569 bits per heavy atom. The molecule has 0 rings (SSSR count). The molecular weight excluding hydrogens is 663 g/mol. The van der Waals surface area contributed by atoms with Gasteiger partial charge in [-0.2, -0.15) is 0 Å². The summed E-state index contributed by atoms with van der Waals surface area (Å²) >= 11 is 0. The van der Waals surface area contributed by atoms with Gasteiger partial charge in [0, 0.05) is 13.5 Å². The first kappa shape index (κ1) is 47.4. The molecule has 0 aliphatic heterocycles. The quantitative estimate of drug-likeness (QED) is 0.0325. The predicted molar refractivity (Wildman–Crippen MR) is 211 cm³/mol. The standard InChI is InChI=1S/C42H63O8P/c1-4-6-8-10-12-14-16-18-20-21-23-25-27-29-31-33-35-37-42(44)50-40(39-49-51(45,46)47-3)38-48-41(43)36-34-32-30-28-26-24-22-19-17-15-13-11-9-7-5-2/h6-9,12-15,18-20,22-23,25-26,28-29,31-32,34,40H,4-5,10-11,16-17,21,24,27,30,33,35-39H2,1-3H3,(H,45,46)/b8-6-,9-7-,14-12-,15-13-,20-18-,22-19-,25-23-,28-26-,31-29-,34-32-. The number of ether oxygens (including phenoxy) is 2. The summed E-state index contributed by atoms with van der Waals surface area (Å²) in [5, 5.41) is 0. The maximum absolute atomic E-state index is 12.4. The van der Waals surface area contributed by atoms with Crippen molar-refractivity contribution in [3.63, 3.8) is 0 Å². The molecule has 0 amide bonds. The van der Waals surface area contributed by atoms with Crippen LogP contribution in [0.4, 0.5) is 0 Å². The van der Waals surface area contributed by atoms with Crippen molar-refractivity contribution in [3.8, 4) is 0 Å². The second kappa shape index (κ2) is 36.2. The fourth-order valence-corrected chi connectivity index (χ4v) is 4.46. The van der Waals surface area contributed by atoms with Gasteiger partial charge in [-0.1, -0.05) is 135 Å². The molecule has 0 aliphatic carbocycles. The minimum absolute atomic E-state index is 0.0405. The second-order valence-electron chi connectivity index (χ2n) is 11.3. The van der Waals surface area contributed by atoms with Gasteiger partial charge in [0.05, 0.1) is 13.0 Å². The Morgan fingerprint density at radius 2 is 0.961 bits per heavy atom. The maximum atomic E-state index is 12.4. The highest BCUT2D eigenvalue weighted by atomic mass is 31.2. The molecule has 0 aliphatic rings. The molecule has 0 saturated carbocycles. The fraction of sp³-hybridized carbons (Fsp3) is 0.476. The first-order valence-electron chi connectivity index (χ1n) is 18.2. The molecule has 8 nitrogen and oxygen atoms in total. The molecular formula is C42H63O8P. The van der Waals surface area contributed by atoms with Gasteiger partial charge in [0.2, 0.25) is 0 Å². The van der Waals surface area contributed by atoms with E-state index in [4.69, 9.17) is 14.0 Å². The lowest BCUT2D eigenvalue weighted by molar-refractivity contribution is -0.160. The van der Waals surface area contributed by atoms with E-state index in [-0.39, 0.29) is 19.4 Å². The van der Waals surface area contributed by atoms with Crippen LogP contribution >= 0.6 is 7.82 Å². The molecule has 0 heterocycles. The van der Waals surface area contributed by atoms with Gasteiger partial charge in [-0.25, -0.2) is 4.57 Å². The number of phosphoric ester groups is 1. The summed E-state index contributed by atoms with van der Waals surface area (Å²) in [6, 6.07) is 0. The van der Waals surface area contributed by atoms with Gasteiger partial charge in [0.15, 0.2) is 6.10 Å². The molecule has 51 heavy (non-hydrogen) atoms. The third kappa shape index (κ3) is 36.1. The number of rotatable bonds is 31. The Morgan fingerprint density at radius 3 is 1.37 bits per heavy atom. The Balaban J connectivity index is 4.36. The van der Waals surface area contributed by atoms with E-state index in [1.165, 1.54) is 0 Å². The molecule has 0 aromatic heterocycles. The van der Waals surface area contributed by atoms with Crippen molar-refractivity contribution in [2.75, 3.05) is 20.3 Å². The zero-order valence-corrected chi connectivity index (χ0v) is 32.1. The van der Waals surface area contributed by atoms with Crippen LogP contribution in [0.1, 0.15) is 104 Å². The first-order chi connectivity index (χ1) is 24.8. The summed E-state index contributed by atoms with van der Waals surface area (Å²) in [5.74, 6) is -1.04. The van der Waals surface area contributed by atoms with Gasteiger partial charge in [-0.05, 0) is 77.0 Å². The van der Waals surface area contributed by atoms with Gasteiger partial charge < -0.3 is 14.4 Å². The van der Waals surface area contributed by atoms with Crippen molar-refractivity contribution in [1.82, 2.24) is 0 Å². The van der Waals surface area contributed by atoms with Gasteiger partial charge in [-0.15, -0.1) is 0 Å². The average molecular weight is 727 g/mol. The molecule has 0 fully saturated rings. The Hall–Kier alpha value is -3.55. The lowest BCUT2D eigenvalue weighted by Gasteiger charge is -2.19. The maximum Gasteiger partial charge on any atom is 0.472 e. The molecule has 0 saturated heterocycles. The smallest absolute Gasteiger partial charge is 0.461 e. The molecule has 9 heteroatoms. The number of unbranched alkanes of at least 4 members (excludes halogenated alkanes) is 1. The van der Waals surface area contributed by atoms with Crippen LogP contribution in [0.15, 0.2) is 122 Å². The van der Waals surface area contributed by atoms with E-state index in [1.54, 1.807) is 6.08 Å². The fourth-order valence-electron chi connectivity index (χ4n) is 4.00. The number of carbonyl (C=O) groups excluding carboxylic acids is 2. The number of phosphoric acid groups is 1. The number of hydrogen-bond donors (Lipinski definition) is 1. The van der Waals surface area contributed by atoms with Gasteiger partial charge in [0.1, 0.15) is 6.61 Å². The topological polar surface area (TPSA) is 108 Å². The predicted octanol–water partition coefficient (Wildman–Crippen LogP) is 11.3. The summed E-state index contributed by atoms with van der Waals surface area (Å²) in [4.78, 5) is 34.2. The van der Waals surface area contributed by atoms with Crippen LogP contribution in [-0.4, -0.2) is 43.3 Å². The highest BCUT2D eigenvalue weighted by Gasteiger charge is 2.24. The van der Waals surface area contributed by atoms with Crippen LogP contribution in [0.25, 0.3) is 0 Å². The summed E-state index contributed by atoms with van der Waals surface area (Å²) in [6.07, 6.45) is 51.4. The Bertz CT molecular complexity index is 1230. The van der Waals surface area contributed by atoms with Crippen LogP contribution in [0.3, 0.4) is 0 Å². The third-order valence-electron chi connectivity index (χ3n) is 6.73. The van der Waals surface area contributed by atoms with E-state index in [2.05, 4.69) is 116 Å². The zero-order chi connectivity index (χ0) is 37.5. The second-order valence-corrected chi connectivity index (χ2v) is 12.8. The highest BCUT2D eigenvalue weighted by Crippen LogP contribution is 2.42. The van der Waals surface area contributed by atoms with Crippen LogP contribution in [0.5, 0.6) is 0 Å². The summed E-state index contributed by atoms with van der Waals surface area (Å²) in [7, 11) is -3.27. The number of esters is 2. The Kier molecular flexibility index (Phi) is 33.7. The van der Waals surface area contributed by atoms with E-state index in [0.29, 0.717) is 19.3 Å². The molecule has 1 N–H and O–H groups in total. The first-order valence-corrected chi connectivity index (χ1v) is 19.7. The van der Waals surface area contributed by atoms with E-state index in [1.807, 2.05) is 18.2 Å². The molecule has 0 aromatic carbocycles. The van der Waals surface area contributed by atoms with E-state index >= 15 is 0 Å². The van der Waals surface area contributed by atoms with Crippen molar-refractivity contribution in [1.29, 1.82) is 0 Å². The number of hydrogen-bond acceptors (Lipinski definition) is 7. The minimum atomic E-state index is -4.30. The molecule has 284 valence electrons. The normalized spacial score (nSPS) is 14.8. The van der Waals surface area contributed by atoms with Gasteiger partial charge >= 0.3 is 19.8 Å². The van der Waals surface area contributed by atoms with Gasteiger partial charge in [0.25, 0.3) is 0 Å². The molecule has 0 spiro atoms. The average Bonchev–Trinajstić information content (AvgIpc) is 3.12. The lowest BCUT2D eigenvalue weighted by Crippen LogP contribution is -2.29. The van der Waals surface area contributed by atoms with Crippen molar-refractivity contribution in [2.45, 2.75) is 110 Å². The van der Waals surface area contributed by atoms with Gasteiger partial charge in [-0.3, -0.25) is 18.6 Å². The number of carbonyl (C=O) groups is 2. The minimum Gasteiger partial charge on any atom is -0.461 e. The third-order valence-corrected chi connectivity index (χ3v) is 7.67. The van der Waals surface area contributed by atoms with Crippen LogP contribution < -0.4 is 0 Å². The van der Waals surface area contributed by atoms with Crippen molar-refractivity contribution in [2.24, 2.45) is 0 Å². The monoisotopic (exact) mass is 726 g/mol. The van der Waals surface area contributed by atoms with Crippen molar-refractivity contribution < 1.29 is 37.6 Å². The Labute approximate surface area is 308 Å². The molecule has 0 aromatic rings. The van der Waals surface area contributed by atoms with Crippen molar-refractivity contribution in [3.05, 3.63) is 122 Å². The largest absolute Gasteiger partial charge is 0.472 e. The molecule has 0 radical (unpaired) electrons. The lowest BCUT2D eigenvalue weighted by atomic mass is 10.2. The van der Waals surface area contributed by atoms with E-state index < -0.39 is 32.5 Å². The van der Waals surface area contributed by atoms with Crippen LogP contribution in [0, 0.1) is 0 Å². The summed E-state index contributed by atoms with van der Waals surface area (Å²) in [5.41, 5.74) is 0. The van der Waals surface area contributed by atoms with E-state index in [0.717, 1.165) is 64.9 Å². The van der Waals surface area contributed by atoms with Crippen molar-refractivity contribution >= 4 is 19.8 Å². The highest BCUT2D eigenvalue weighted by molar-refractivity contribution is 7.47. The molecule has 2 unspecified atom stereocenters. The van der Waals surface area contributed by atoms with E-state index in [9.17, 15) is 19.0 Å². The summed E-state index contributed by atoms with van der Waals surface area (Å²) < 4.78 is 31.7. The van der Waals surface area contributed by atoms with Crippen LogP contribution in [0.2, 0.25) is 0 Å². The molecule has 0 bridgehead atoms.